The molecule has 3 aromatic heterocycles. The normalized spacial score (nSPS) is 11.4. The van der Waals surface area contributed by atoms with Gasteiger partial charge in [-0.15, -0.1) is 58.6 Å². The van der Waals surface area contributed by atoms with Gasteiger partial charge in [-0.1, -0.05) is 42.5 Å². The molecular formula is C34H24IrNO2S2-. The van der Waals surface area contributed by atoms with Gasteiger partial charge >= 0.3 is 0 Å². The average molecular weight is 735 g/mol. The molecule has 199 valence electrons. The van der Waals surface area contributed by atoms with E-state index in [0.29, 0.717) is 0 Å². The van der Waals surface area contributed by atoms with Gasteiger partial charge in [0.1, 0.15) is 0 Å². The van der Waals surface area contributed by atoms with Crippen LogP contribution in [0.3, 0.4) is 0 Å². The predicted octanol–water partition coefficient (Wildman–Crippen LogP) is 9.99. The van der Waals surface area contributed by atoms with E-state index in [2.05, 4.69) is 83.8 Å². The monoisotopic (exact) mass is 735 g/mol. The summed E-state index contributed by atoms with van der Waals surface area (Å²) in [4.78, 5) is 14.7. The van der Waals surface area contributed by atoms with Gasteiger partial charge in [0.25, 0.3) is 0 Å². The Morgan fingerprint density at radius 2 is 1.50 bits per heavy atom. The molecule has 1 radical (unpaired) electrons. The fourth-order valence-electron chi connectivity index (χ4n) is 4.87. The fourth-order valence-corrected chi connectivity index (χ4v) is 7.43. The topological polar surface area (TPSA) is 50.2 Å². The molecule has 0 spiro atoms. The Bertz CT molecular complexity index is 2020. The second kappa shape index (κ2) is 11.8. The number of rotatable bonds is 3. The van der Waals surface area contributed by atoms with Crippen molar-refractivity contribution < 1.29 is 30.0 Å². The molecule has 0 aliphatic rings. The van der Waals surface area contributed by atoms with Crippen molar-refractivity contribution in [2.75, 3.05) is 0 Å². The zero-order chi connectivity index (χ0) is 26.9. The smallest absolute Gasteiger partial charge is 0.155 e. The van der Waals surface area contributed by atoms with Gasteiger partial charge in [0.2, 0.25) is 0 Å². The molecular weight excluding hydrogens is 711 g/mol. The van der Waals surface area contributed by atoms with Crippen LogP contribution in [0.25, 0.3) is 62.7 Å². The molecule has 1 N–H and O–H groups in total. The maximum Gasteiger partial charge on any atom is 0.155 e. The Morgan fingerprint density at radius 1 is 0.825 bits per heavy atom. The zero-order valence-electron chi connectivity index (χ0n) is 21.8. The fraction of sp³-hybridized carbons (Fsp3) is 0.0588. The molecule has 4 aromatic carbocycles. The van der Waals surface area contributed by atoms with Crippen LogP contribution < -0.4 is 0 Å². The van der Waals surface area contributed by atoms with E-state index in [9.17, 15) is 4.79 Å². The largest absolute Gasteiger partial charge is 0.512 e. The summed E-state index contributed by atoms with van der Waals surface area (Å²) in [7, 11) is 0. The molecule has 3 nitrogen and oxygen atoms in total. The Kier molecular flexibility index (Phi) is 8.24. The van der Waals surface area contributed by atoms with Crippen molar-refractivity contribution in [2.24, 2.45) is 0 Å². The summed E-state index contributed by atoms with van der Waals surface area (Å²) in [5, 5.41) is 13.8. The third-order valence-electron chi connectivity index (χ3n) is 6.46. The van der Waals surface area contributed by atoms with E-state index in [4.69, 9.17) is 5.11 Å². The first-order valence-electron chi connectivity index (χ1n) is 12.6. The molecule has 0 saturated carbocycles. The standard InChI is InChI=1S/C29H16NS2.C5H8O2.Ir/c1-2-8-18(9-3-1)24-16-19(14-15-30-24)22-17-23-20-10-4-6-12-25(20)31-29(23)27-21-11-5-7-13-26(21)32-28(22)27;1-4(6)3-5(2)7;/h1-8,10-17H;3,6H,1-2H3;/q-1;;/b;4-3-;. The zero-order valence-corrected chi connectivity index (χ0v) is 25.8. The summed E-state index contributed by atoms with van der Waals surface area (Å²) in [5.74, 6) is -0.0625. The molecule has 0 aliphatic heterocycles. The summed E-state index contributed by atoms with van der Waals surface area (Å²) < 4.78 is 5.40. The first-order valence-corrected chi connectivity index (χ1v) is 14.2. The van der Waals surface area contributed by atoms with Crippen LogP contribution in [-0.2, 0) is 24.9 Å². The minimum absolute atomic E-state index is 0. The number of aliphatic hydroxyl groups excluding tert-OH is 1. The molecule has 3 heterocycles. The van der Waals surface area contributed by atoms with Crippen LogP contribution in [0.2, 0.25) is 0 Å². The summed E-state index contributed by atoms with van der Waals surface area (Å²) >= 11 is 3.79. The molecule has 0 aliphatic carbocycles. The Morgan fingerprint density at radius 3 is 2.17 bits per heavy atom. The Labute approximate surface area is 253 Å². The van der Waals surface area contributed by atoms with Gasteiger partial charge in [-0.25, -0.2) is 0 Å². The molecule has 0 atom stereocenters. The second-order valence-electron chi connectivity index (χ2n) is 9.30. The average Bonchev–Trinajstić information content (AvgIpc) is 3.51. The van der Waals surface area contributed by atoms with Crippen LogP contribution in [0.15, 0.2) is 109 Å². The first-order chi connectivity index (χ1) is 19.0. The summed E-state index contributed by atoms with van der Waals surface area (Å²) in [6.07, 6.45) is 3.08. The number of benzene rings is 4. The van der Waals surface area contributed by atoms with Crippen molar-refractivity contribution in [1.29, 1.82) is 0 Å². The van der Waals surface area contributed by atoms with Gasteiger partial charge in [-0.3, -0.25) is 4.79 Å². The van der Waals surface area contributed by atoms with Crippen LogP contribution in [0, 0.1) is 6.07 Å². The van der Waals surface area contributed by atoms with Crippen molar-refractivity contribution in [3.8, 4) is 22.4 Å². The van der Waals surface area contributed by atoms with Crippen LogP contribution in [-0.4, -0.2) is 15.9 Å². The third kappa shape index (κ3) is 5.36. The molecule has 40 heavy (non-hydrogen) atoms. The number of fused-ring (bicyclic) bond motifs is 7. The van der Waals surface area contributed by atoms with E-state index in [1.54, 1.807) is 0 Å². The van der Waals surface area contributed by atoms with E-state index in [-0.39, 0.29) is 31.6 Å². The quantitative estimate of drug-likeness (QED) is 0.112. The van der Waals surface area contributed by atoms with E-state index >= 15 is 0 Å². The van der Waals surface area contributed by atoms with E-state index in [0.717, 1.165) is 11.3 Å². The van der Waals surface area contributed by atoms with Crippen molar-refractivity contribution in [3.05, 3.63) is 115 Å². The number of hydrogen-bond donors (Lipinski definition) is 1. The first kappa shape index (κ1) is 27.9. The Hall–Kier alpha value is -3.67. The van der Waals surface area contributed by atoms with Gasteiger partial charge in [0.05, 0.1) is 5.76 Å². The van der Waals surface area contributed by atoms with Crippen molar-refractivity contribution in [1.82, 2.24) is 4.98 Å². The van der Waals surface area contributed by atoms with Crippen LogP contribution in [0.4, 0.5) is 0 Å². The van der Waals surface area contributed by atoms with E-state index < -0.39 is 0 Å². The third-order valence-corrected chi connectivity index (χ3v) is 8.87. The number of nitrogens with zero attached hydrogens (tertiary/aromatic N) is 1. The van der Waals surface area contributed by atoms with Gasteiger partial charge in [-0.05, 0) is 54.9 Å². The Balaban J connectivity index is 0.000000362. The maximum absolute atomic E-state index is 10.0. The van der Waals surface area contributed by atoms with E-state index in [1.807, 2.05) is 47.1 Å². The summed E-state index contributed by atoms with van der Waals surface area (Å²) in [6.45, 7) is 2.85. The minimum Gasteiger partial charge on any atom is -0.512 e. The molecule has 0 fully saturated rings. The van der Waals surface area contributed by atoms with Gasteiger partial charge in [0, 0.05) is 72.7 Å². The number of hydrogen-bond acceptors (Lipinski definition) is 5. The number of aromatic nitrogens is 1. The SMILES string of the molecule is CC(=O)/C=C(/C)O.[Ir].[c-]1ccccc1-c1cc(-c2cc3c4ccccc4sc3c3c2sc2ccccc23)ccn1. The maximum atomic E-state index is 10.0. The second-order valence-corrected chi connectivity index (χ2v) is 11.4. The molecule has 0 unspecified atom stereocenters. The van der Waals surface area contributed by atoms with Crippen LogP contribution in [0.1, 0.15) is 13.8 Å². The van der Waals surface area contributed by atoms with Gasteiger partial charge < -0.3 is 10.1 Å². The number of ketones is 1. The molecule has 6 heteroatoms. The summed E-state index contributed by atoms with van der Waals surface area (Å²) in [5.41, 5.74) is 4.44. The van der Waals surface area contributed by atoms with Crippen molar-refractivity contribution in [3.63, 3.8) is 0 Å². The van der Waals surface area contributed by atoms with Gasteiger partial charge in [-0.2, -0.15) is 0 Å². The molecule has 0 saturated heterocycles. The molecule has 7 rings (SSSR count). The number of pyridine rings is 1. The number of carbonyl (C=O) groups is 1. The molecule has 7 aromatic rings. The summed E-state index contributed by atoms with van der Waals surface area (Å²) in [6, 6.07) is 35.6. The molecule has 0 bridgehead atoms. The van der Waals surface area contributed by atoms with E-state index in [1.165, 1.54) is 71.4 Å². The van der Waals surface area contributed by atoms with Crippen LogP contribution >= 0.6 is 22.7 Å². The van der Waals surface area contributed by atoms with Gasteiger partial charge in [0.15, 0.2) is 5.78 Å². The predicted molar refractivity (Wildman–Crippen MR) is 167 cm³/mol. The van der Waals surface area contributed by atoms with Crippen LogP contribution in [0.5, 0.6) is 0 Å². The minimum atomic E-state index is -0.125. The van der Waals surface area contributed by atoms with Crippen molar-refractivity contribution >= 4 is 68.8 Å². The number of allylic oxidation sites excluding steroid dienone is 2. The number of aliphatic hydroxyl groups is 1. The number of thiophene rings is 2. The van der Waals surface area contributed by atoms with Crippen molar-refractivity contribution in [2.45, 2.75) is 13.8 Å². The number of carbonyl (C=O) groups excluding carboxylic acids is 1. The molecule has 0 amide bonds.